The van der Waals surface area contributed by atoms with E-state index in [4.69, 9.17) is 14.2 Å². The number of carbonyl (C=O) groups excluding carboxylic acids is 1. The number of fused-ring (bicyclic) bond motifs is 1. The van der Waals surface area contributed by atoms with E-state index in [0.29, 0.717) is 28.5 Å². The number of benzene rings is 1. The van der Waals surface area contributed by atoms with E-state index < -0.39 is 0 Å². The van der Waals surface area contributed by atoms with Crippen LogP contribution in [0.4, 0.5) is 0 Å². The third kappa shape index (κ3) is 3.03. The molecule has 1 aliphatic heterocycles. The van der Waals surface area contributed by atoms with Crippen LogP contribution in [0.25, 0.3) is 0 Å². The molecule has 0 N–H and O–H groups in total. The van der Waals surface area contributed by atoms with E-state index in [1.54, 1.807) is 23.7 Å². The maximum absolute atomic E-state index is 13.0. The van der Waals surface area contributed by atoms with Crippen LogP contribution < -0.4 is 14.2 Å². The van der Waals surface area contributed by atoms with Gasteiger partial charge in [-0.3, -0.25) is 9.79 Å². The Bertz CT molecular complexity index is 1040. The summed E-state index contributed by atoms with van der Waals surface area (Å²) in [5.74, 6) is 1.05. The summed E-state index contributed by atoms with van der Waals surface area (Å²) in [5, 5.41) is 2.61. The zero-order chi connectivity index (χ0) is 19.7. The van der Waals surface area contributed by atoms with Gasteiger partial charge in [-0.15, -0.1) is 11.3 Å². The van der Waals surface area contributed by atoms with E-state index in [9.17, 15) is 4.79 Å². The van der Waals surface area contributed by atoms with E-state index in [2.05, 4.69) is 9.98 Å². The second kappa shape index (κ2) is 7.44. The minimum absolute atomic E-state index is 0.0403. The van der Waals surface area contributed by atoms with E-state index in [0.717, 1.165) is 16.3 Å². The molecule has 28 heavy (non-hydrogen) atoms. The number of allylic oxidation sites excluding steroid dienone is 5. The number of ether oxygens (including phenoxy) is 3. The maximum Gasteiger partial charge on any atom is 0.212 e. The summed E-state index contributed by atoms with van der Waals surface area (Å²) in [7, 11) is 4.56. The zero-order valence-electron chi connectivity index (χ0n) is 15.6. The molecule has 1 aliphatic carbocycles. The molecule has 0 radical (unpaired) electrons. The van der Waals surface area contributed by atoms with Crippen molar-refractivity contribution in [3.63, 3.8) is 0 Å². The summed E-state index contributed by atoms with van der Waals surface area (Å²) in [6, 6.07) is 3.27. The van der Waals surface area contributed by atoms with Crippen molar-refractivity contribution >= 4 is 22.8 Å². The highest BCUT2D eigenvalue weighted by atomic mass is 32.1. The van der Waals surface area contributed by atoms with Gasteiger partial charge in [-0.1, -0.05) is 18.2 Å². The number of ketones is 1. The van der Waals surface area contributed by atoms with Gasteiger partial charge >= 0.3 is 0 Å². The normalized spacial score (nSPS) is 17.0. The first-order chi connectivity index (χ1) is 13.7. The lowest BCUT2D eigenvalue weighted by Gasteiger charge is -2.14. The molecule has 1 unspecified atom stereocenters. The highest BCUT2D eigenvalue weighted by Crippen LogP contribution is 2.39. The fourth-order valence-electron chi connectivity index (χ4n) is 3.21. The molecular formula is C21H18N2O4S. The van der Waals surface area contributed by atoms with Crippen LogP contribution in [0.5, 0.6) is 17.2 Å². The maximum atomic E-state index is 13.0. The Morgan fingerprint density at radius 1 is 1.11 bits per heavy atom. The van der Waals surface area contributed by atoms with Crippen molar-refractivity contribution in [3.8, 4) is 17.2 Å². The van der Waals surface area contributed by atoms with Gasteiger partial charge in [-0.2, -0.15) is 0 Å². The fraction of sp³-hybridized carbons (Fsp3) is 0.190. The second-order valence-corrected chi connectivity index (χ2v) is 7.02. The minimum Gasteiger partial charge on any atom is -0.493 e. The molecule has 2 aliphatic rings. The second-order valence-electron chi connectivity index (χ2n) is 6.13. The summed E-state index contributed by atoms with van der Waals surface area (Å²) in [6.07, 6.45) is 9.82. The van der Waals surface area contributed by atoms with Gasteiger partial charge in [0.1, 0.15) is 10.7 Å². The Morgan fingerprint density at radius 2 is 1.86 bits per heavy atom. The first-order valence-corrected chi connectivity index (χ1v) is 9.47. The monoisotopic (exact) mass is 394 g/mol. The number of hydrogen-bond acceptors (Lipinski definition) is 7. The van der Waals surface area contributed by atoms with Gasteiger partial charge in [0.2, 0.25) is 11.5 Å². The lowest BCUT2D eigenvalue weighted by molar-refractivity contribution is 0.103. The summed E-state index contributed by atoms with van der Waals surface area (Å²) < 4.78 is 16.0. The van der Waals surface area contributed by atoms with Crippen molar-refractivity contribution in [3.05, 3.63) is 69.9 Å². The Labute approximate surface area is 166 Å². The molecule has 1 aromatic heterocycles. The predicted molar refractivity (Wildman–Crippen MR) is 108 cm³/mol. The van der Waals surface area contributed by atoms with Crippen molar-refractivity contribution in [2.75, 3.05) is 21.3 Å². The zero-order valence-corrected chi connectivity index (χ0v) is 16.4. The van der Waals surface area contributed by atoms with Crippen molar-refractivity contribution in [2.45, 2.75) is 5.92 Å². The third-order valence-corrected chi connectivity index (χ3v) is 5.51. The number of rotatable bonds is 6. The van der Waals surface area contributed by atoms with Crippen LogP contribution in [0, 0.1) is 0 Å². The van der Waals surface area contributed by atoms with Crippen LogP contribution >= 0.6 is 11.3 Å². The van der Waals surface area contributed by atoms with Gasteiger partial charge in [0.05, 0.1) is 33.0 Å². The topological polar surface area (TPSA) is 70.0 Å². The predicted octanol–water partition coefficient (Wildman–Crippen LogP) is 3.95. The smallest absolute Gasteiger partial charge is 0.212 e. The van der Waals surface area contributed by atoms with E-state index in [1.165, 1.54) is 32.7 Å². The number of thiazole rings is 1. The molecule has 0 amide bonds. The molecule has 1 atom stereocenters. The first kappa shape index (κ1) is 18.2. The van der Waals surface area contributed by atoms with E-state index in [1.807, 2.05) is 24.3 Å². The lowest BCUT2D eigenvalue weighted by Crippen LogP contribution is -2.13. The number of aromatic nitrogens is 1. The van der Waals surface area contributed by atoms with E-state index in [-0.39, 0.29) is 11.7 Å². The average molecular weight is 394 g/mol. The Kier molecular flexibility index (Phi) is 4.83. The van der Waals surface area contributed by atoms with E-state index >= 15 is 0 Å². The molecule has 6 nitrogen and oxygen atoms in total. The molecule has 2 aromatic rings. The third-order valence-electron chi connectivity index (χ3n) is 4.58. The molecule has 0 saturated heterocycles. The molecular weight excluding hydrogens is 376 g/mol. The highest BCUT2D eigenvalue weighted by molar-refractivity contribution is 7.10. The molecule has 0 saturated carbocycles. The average Bonchev–Trinajstić information content (AvgIpc) is 3.41. The number of carbonyl (C=O) groups is 1. The molecule has 2 heterocycles. The van der Waals surface area contributed by atoms with Crippen LogP contribution in [0.2, 0.25) is 0 Å². The van der Waals surface area contributed by atoms with Gasteiger partial charge in [0.15, 0.2) is 11.5 Å². The molecule has 1 aromatic carbocycles. The number of nitrogens with zero attached hydrogens (tertiary/aromatic N) is 2. The van der Waals surface area contributed by atoms with Crippen LogP contribution in [0.3, 0.4) is 0 Å². The fourth-order valence-corrected chi connectivity index (χ4v) is 4.09. The summed E-state index contributed by atoms with van der Waals surface area (Å²) >= 11 is 1.45. The quantitative estimate of drug-likeness (QED) is 0.694. The van der Waals surface area contributed by atoms with Gasteiger partial charge in [0, 0.05) is 17.1 Å². The van der Waals surface area contributed by atoms with Gasteiger partial charge in [-0.05, 0) is 23.8 Å². The summed E-state index contributed by atoms with van der Waals surface area (Å²) in [6.45, 7) is 0. The van der Waals surface area contributed by atoms with Crippen molar-refractivity contribution in [2.24, 2.45) is 4.99 Å². The Morgan fingerprint density at radius 3 is 2.54 bits per heavy atom. The Balaban J connectivity index is 1.65. The minimum atomic E-state index is -0.205. The van der Waals surface area contributed by atoms with Crippen LogP contribution in [0.15, 0.2) is 58.6 Å². The molecule has 0 spiro atoms. The van der Waals surface area contributed by atoms with Crippen molar-refractivity contribution in [1.29, 1.82) is 0 Å². The highest BCUT2D eigenvalue weighted by Gasteiger charge is 2.26. The molecule has 4 rings (SSSR count). The van der Waals surface area contributed by atoms with Crippen LogP contribution in [-0.2, 0) is 0 Å². The number of aliphatic imine (C=N–C) groups is 1. The largest absolute Gasteiger partial charge is 0.493 e. The van der Waals surface area contributed by atoms with Gasteiger partial charge in [0.25, 0.3) is 0 Å². The Hall–Kier alpha value is -3.19. The van der Waals surface area contributed by atoms with Gasteiger partial charge < -0.3 is 14.2 Å². The standard InChI is InChI=1S/C21H18N2O4S/c1-25-16-9-13(10-17(26-2)20(16)27-3)19(24)15-11-28-21(23-15)14-6-4-5-12-7-8-22-18(12)14/h4-11,14H,1-3H3. The molecule has 0 bridgehead atoms. The van der Waals surface area contributed by atoms with Crippen LogP contribution in [-0.4, -0.2) is 37.8 Å². The molecule has 0 fully saturated rings. The lowest BCUT2D eigenvalue weighted by atomic mass is 9.93. The summed E-state index contributed by atoms with van der Waals surface area (Å²) in [5.41, 5.74) is 2.85. The number of hydrogen-bond donors (Lipinski definition) is 0. The summed E-state index contributed by atoms with van der Waals surface area (Å²) in [4.78, 5) is 22.1. The van der Waals surface area contributed by atoms with Crippen LogP contribution in [0.1, 0.15) is 27.0 Å². The molecule has 7 heteroatoms. The molecule has 142 valence electrons. The van der Waals surface area contributed by atoms with Crippen molar-refractivity contribution < 1.29 is 19.0 Å². The first-order valence-electron chi connectivity index (χ1n) is 8.59. The van der Waals surface area contributed by atoms with Gasteiger partial charge in [-0.25, -0.2) is 4.98 Å². The SMILES string of the molecule is COc1cc(C(=O)c2csc(C3C=CC=C4C=CN=C43)n2)cc(OC)c1OC. The van der Waals surface area contributed by atoms with Crippen molar-refractivity contribution in [1.82, 2.24) is 4.98 Å². The number of methoxy groups -OCH3 is 3.